The van der Waals surface area contributed by atoms with E-state index in [1.54, 1.807) is 0 Å². The highest BCUT2D eigenvalue weighted by Gasteiger charge is 2.33. The van der Waals surface area contributed by atoms with Gasteiger partial charge in [-0.2, -0.15) is 5.10 Å². The molecule has 0 aliphatic carbocycles. The van der Waals surface area contributed by atoms with Crippen LogP contribution < -0.4 is 0 Å². The lowest BCUT2D eigenvalue weighted by Crippen LogP contribution is -2.52. The summed E-state index contributed by atoms with van der Waals surface area (Å²) in [6.45, 7) is 7.76. The molecule has 2 fully saturated rings. The van der Waals surface area contributed by atoms with Crippen molar-refractivity contribution in [2.24, 2.45) is 0 Å². The summed E-state index contributed by atoms with van der Waals surface area (Å²) in [5.74, 6) is 0.144. The second-order valence-electron chi connectivity index (χ2n) is 5.39. The first-order chi connectivity index (χ1) is 8.66. The number of aryl methyl sites for hydroxylation is 2. The van der Waals surface area contributed by atoms with E-state index in [1.165, 1.54) is 19.4 Å². The number of rotatable bonds is 1. The second-order valence-corrected chi connectivity index (χ2v) is 5.39. The Bertz CT molecular complexity index is 448. The first-order valence-electron chi connectivity index (χ1n) is 6.71. The van der Waals surface area contributed by atoms with E-state index < -0.39 is 0 Å². The summed E-state index contributed by atoms with van der Waals surface area (Å²) in [5.41, 5.74) is 2.46. The second kappa shape index (κ2) is 4.39. The Morgan fingerprint density at radius 1 is 1.33 bits per heavy atom. The van der Waals surface area contributed by atoms with E-state index in [4.69, 9.17) is 0 Å². The van der Waals surface area contributed by atoms with Gasteiger partial charge in [0, 0.05) is 31.4 Å². The van der Waals surface area contributed by atoms with Gasteiger partial charge in [0.1, 0.15) is 0 Å². The van der Waals surface area contributed by atoms with E-state index in [0.29, 0.717) is 6.04 Å². The molecule has 1 unspecified atom stereocenters. The molecular weight excluding hydrogens is 228 g/mol. The Balaban J connectivity index is 1.77. The van der Waals surface area contributed by atoms with E-state index in [9.17, 15) is 4.79 Å². The molecule has 0 radical (unpaired) electrons. The largest absolute Gasteiger partial charge is 0.336 e. The van der Waals surface area contributed by atoms with Crippen LogP contribution in [0.4, 0.5) is 0 Å². The fourth-order valence-corrected chi connectivity index (χ4v) is 3.20. The number of hydrogen-bond acceptors (Lipinski definition) is 3. The molecule has 0 spiro atoms. The molecule has 2 aliphatic rings. The summed E-state index contributed by atoms with van der Waals surface area (Å²) in [7, 11) is 0. The normalized spacial score (nSPS) is 24.3. The molecule has 1 amide bonds. The zero-order valence-corrected chi connectivity index (χ0v) is 11.1. The van der Waals surface area contributed by atoms with Crippen molar-refractivity contribution in [1.29, 1.82) is 0 Å². The highest BCUT2D eigenvalue weighted by molar-refractivity contribution is 5.96. The number of hydrogen-bond donors (Lipinski definition) is 1. The molecule has 0 saturated carbocycles. The smallest absolute Gasteiger partial charge is 0.257 e. The fourth-order valence-electron chi connectivity index (χ4n) is 3.20. The van der Waals surface area contributed by atoms with Crippen LogP contribution >= 0.6 is 0 Å². The number of fused-ring (bicyclic) bond motifs is 1. The molecule has 2 aliphatic heterocycles. The molecule has 1 atom stereocenters. The van der Waals surface area contributed by atoms with Gasteiger partial charge in [-0.15, -0.1) is 0 Å². The molecule has 2 saturated heterocycles. The number of nitrogens with one attached hydrogen (secondary N) is 1. The first-order valence-corrected chi connectivity index (χ1v) is 6.71. The van der Waals surface area contributed by atoms with Gasteiger partial charge in [-0.3, -0.25) is 14.8 Å². The molecule has 1 N–H and O–H groups in total. The molecule has 5 nitrogen and oxygen atoms in total. The van der Waals surface area contributed by atoms with Crippen LogP contribution in [-0.4, -0.2) is 58.1 Å². The van der Waals surface area contributed by atoms with Crippen LogP contribution in [0, 0.1) is 13.8 Å². The maximum absolute atomic E-state index is 12.5. The van der Waals surface area contributed by atoms with E-state index in [0.717, 1.165) is 36.6 Å². The highest BCUT2D eigenvalue weighted by Crippen LogP contribution is 2.23. The van der Waals surface area contributed by atoms with Crippen LogP contribution in [0.2, 0.25) is 0 Å². The topological polar surface area (TPSA) is 52.2 Å². The minimum absolute atomic E-state index is 0.144. The van der Waals surface area contributed by atoms with Crippen molar-refractivity contribution in [3.63, 3.8) is 0 Å². The van der Waals surface area contributed by atoms with E-state index >= 15 is 0 Å². The lowest BCUT2D eigenvalue weighted by molar-refractivity contribution is 0.0570. The Labute approximate surface area is 107 Å². The molecule has 1 aromatic heterocycles. The summed E-state index contributed by atoms with van der Waals surface area (Å²) in [5, 5.41) is 7.01. The van der Waals surface area contributed by atoms with Gasteiger partial charge in [-0.1, -0.05) is 0 Å². The molecule has 3 rings (SSSR count). The van der Waals surface area contributed by atoms with Crippen LogP contribution in [0.15, 0.2) is 0 Å². The lowest BCUT2D eigenvalue weighted by Gasteiger charge is -2.37. The van der Waals surface area contributed by atoms with E-state index in [1.807, 2.05) is 18.7 Å². The van der Waals surface area contributed by atoms with Crippen molar-refractivity contribution in [3.8, 4) is 0 Å². The summed E-state index contributed by atoms with van der Waals surface area (Å²) in [6.07, 6.45) is 2.50. The lowest BCUT2D eigenvalue weighted by atomic mass is 10.1. The summed E-state index contributed by atoms with van der Waals surface area (Å²) < 4.78 is 0. The molecule has 0 bridgehead atoms. The molecule has 1 aromatic rings. The zero-order chi connectivity index (χ0) is 12.7. The molecular formula is C13H20N4O. The predicted molar refractivity (Wildman–Crippen MR) is 68.6 cm³/mol. The van der Waals surface area contributed by atoms with Gasteiger partial charge < -0.3 is 4.90 Å². The van der Waals surface area contributed by atoms with Gasteiger partial charge >= 0.3 is 0 Å². The number of piperazine rings is 1. The molecule has 18 heavy (non-hydrogen) atoms. The van der Waals surface area contributed by atoms with E-state index in [-0.39, 0.29) is 5.91 Å². The summed E-state index contributed by atoms with van der Waals surface area (Å²) in [4.78, 5) is 17.0. The van der Waals surface area contributed by atoms with Crippen LogP contribution in [0.1, 0.15) is 34.6 Å². The average molecular weight is 248 g/mol. The van der Waals surface area contributed by atoms with Crippen LogP contribution in [-0.2, 0) is 0 Å². The number of aromatic nitrogens is 2. The number of nitrogens with zero attached hydrogens (tertiary/aromatic N) is 3. The Morgan fingerprint density at radius 3 is 2.89 bits per heavy atom. The SMILES string of the molecule is Cc1n[nH]c(C)c1C(=O)N1CCN2CCCC2C1. The third kappa shape index (κ3) is 1.82. The molecule has 0 aromatic carbocycles. The van der Waals surface area contributed by atoms with Gasteiger partial charge in [0.25, 0.3) is 5.91 Å². The standard InChI is InChI=1S/C13H20N4O/c1-9-12(10(2)15-14-9)13(18)17-7-6-16-5-3-4-11(16)8-17/h11H,3-8H2,1-2H3,(H,14,15). The minimum Gasteiger partial charge on any atom is -0.336 e. The van der Waals surface area contributed by atoms with Crippen LogP contribution in [0.3, 0.4) is 0 Å². The van der Waals surface area contributed by atoms with Crippen molar-refractivity contribution >= 4 is 5.91 Å². The molecule has 98 valence electrons. The number of H-pyrrole nitrogens is 1. The number of amides is 1. The fraction of sp³-hybridized carbons (Fsp3) is 0.692. The number of aromatic amines is 1. The van der Waals surface area contributed by atoms with Crippen molar-refractivity contribution in [1.82, 2.24) is 20.0 Å². The van der Waals surface area contributed by atoms with Crippen molar-refractivity contribution in [2.45, 2.75) is 32.7 Å². The Morgan fingerprint density at radius 2 is 2.17 bits per heavy atom. The van der Waals surface area contributed by atoms with E-state index in [2.05, 4.69) is 15.1 Å². The minimum atomic E-state index is 0.144. The molecule has 5 heteroatoms. The average Bonchev–Trinajstić information content (AvgIpc) is 2.94. The number of carbonyl (C=O) groups excluding carboxylic acids is 1. The van der Waals surface area contributed by atoms with Gasteiger partial charge in [0.2, 0.25) is 0 Å². The third-order valence-corrected chi connectivity index (χ3v) is 4.22. The maximum atomic E-state index is 12.5. The highest BCUT2D eigenvalue weighted by atomic mass is 16.2. The summed E-state index contributed by atoms with van der Waals surface area (Å²) >= 11 is 0. The van der Waals surface area contributed by atoms with Gasteiger partial charge in [0.05, 0.1) is 11.3 Å². The van der Waals surface area contributed by atoms with Crippen molar-refractivity contribution in [3.05, 3.63) is 17.0 Å². The third-order valence-electron chi connectivity index (χ3n) is 4.22. The van der Waals surface area contributed by atoms with Crippen LogP contribution in [0.25, 0.3) is 0 Å². The summed E-state index contributed by atoms with van der Waals surface area (Å²) in [6, 6.07) is 0.579. The van der Waals surface area contributed by atoms with Crippen LogP contribution in [0.5, 0.6) is 0 Å². The van der Waals surface area contributed by atoms with Gasteiger partial charge in [-0.05, 0) is 33.2 Å². The zero-order valence-electron chi connectivity index (χ0n) is 11.1. The monoisotopic (exact) mass is 248 g/mol. The Kier molecular flexibility index (Phi) is 2.86. The maximum Gasteiger partial charge on any atom is 0.257 e. The van der Waals surface area contributed by atoms with Crippen molar-refractivity contribution < 1.29 is 4.79 Å². The molecule has 3 heterocycles. The van der Waals surface area contributed by atoms with Crippen molar-refractivity contribution in [2.75, 3.05) is 26.2 Å². The predicted octanol–water partition coefficient (Wildman–Crippen LogP) is 0.947. The van der Waals surface area contributed by atoms with Gasteiger partial charge in [0.15, 0.2) is 0 Å². The quantitative estimate of drug-likeness (QED) is 0.805. The first kappa shape index (κ1) is 11.7. The number of carbonyl (C=O) groups is 1. The Hall–Kier alpha value is -1.36. The van der Waals surface area contributed by atoms with Gasteiger partial charge in [-0.25, -0.2) is 0 Å².